The van der Waals surface area contributed by atoms with E-state index in [4.69, 9.17) is 9.47 Å². The maximum atomic E-state index is 12.5. The van der Waals surface area contributed by atoms with Crippen LogP contribution in [0.5, 0.6) is 11.5 Å². The normalized spacial score (nSPS) is 32.6. The summed E-state index contributed by atoms with van der Waals surface area (Å²) in [7, 11) is 0. The molecule has 5 heteroatoms. The van der Waals surface area contributed by atoms with Gasteiger partial charge in [-0.3, -0.25) is 4.79 Å². The van der Waals surface area contributed by atoms with Gasteiger partial charge in [0.1, 0.15) is 12.7 Å². The molecular weight excluding hydrogens is 280 g/mol. The monoisotopic (exact) mass is 302 g/mol. The molecule has 2 fully saturated rings. The molecule has 1 aromatic carbocycles. The van der Waals surface area contributed by atoms with Gasteiger partial charge in [0.15, 0.2) is 11.5 Å². The van der Waals surface area contributed by atoms with Crippen molar-refractivity contribution < 1.29 is 14.3 Å². The average molecular weight is 302 g/mol. The lowest BCUT2D eigenvalue weighted by molar-refractivity contribution is 0.0902. The van der Waals surface area contributed by atoms with Crippen molar-refractivity contribution >= 4 is 5.91 Å². The molecule has 1 aromatic rings. The van der Waals surface area contributed by atoms with E-state index < -0.39 is 0 Å². The van der Waals surface area contributed by atoms with Crippen LogP contribution < -0.4 is 14.8 Å². The quantitative estimate of drug-likeness (QED) is 0.903. The number of piperidine rings is 1. The number of amides is 1. The lowest BCUT2D eigenvalue weighted by Gasteiger charge is -2.30. The summed E-state index contributed by atoms with van der Waals surface area (Å²) in [6.45, 7) is 5.87. The molecule has 1 amide bonds. The minimum absolute atomic E-state index is 0.0165. The number of nitrogens with one attached hydrogen (secondary N) is 1. The summed E-state index contributed by atoms with van der Waals surface area (Å²) in [4.78, 5) is 14.9. The summed E-state index contributed by atoms with van der Waals surface area (Å²) in [5.74, 6) is 2.12. The van der Waals surface area contributed by atoms with E-state index in [1.165, 1.54) is 19.5 Å². The minimum Gasteiger partial charge on any atom is -0.486 e. The lowest BCUT2D eigenvalue weighted by atomic mass is 9.96. The summed E-state index contributed by atoms with van der Waals surface area (Å²) < 4.78 is 11.3. The van der Waals surface area contributed by atoms with Crippen LogP contribution in [0.3, 0.4) is 0 Å². The molecule has 2 bridgehead atoms. The molecule has 3 aliphatic heterocycles. The first-order chi connectivity index (χ1) is 10.7. The number of hydrogen-bond donors (Lipinski definition) is 1. The average Bonchev–Trinajstić information content (AvgIpc) is 2.85. The van der Waals surface area contributed by atoms with Crippen molar-refractivity contribution in [1.82, 2.24) is 10.2 Å². The van der Waals surface area contributed by atoms with Gasteiger partial charge in [0.2, 0.25) is 0 Å². The summed E-state index contributed by atoms with van der Waals surface area (Å²) >= 11 is 0. The second-order valence-electron chi connectivity index (χ2n) is 6.72. The Morgan fingerprint density at radius 3 is 3.09 bits per heavy atom. The highest BCUT2D eigenvalue weighted by molar-refractivity contribution is 5.95. The largest absolute Gasteiger partial charge is 0.486 e. The first kappa shape index (κ1) is 13.9. The Hall–Kier alpha value is -1.75. The molecule has 0 spiro atoms. The highest BCUT2D eigenvalue weighted by Crippen LogP contribution is 2.33. The third-order valence-electron chi connectivity index (χ3n) is 4.81. The maximum absolute atomic E-state index is 12.5. The van der Waals surface area contributed by atoms with Crippen LogP contribution in [-0.4, -0.2) is 49.2 Å². The maximum Gasteiger partial charge on any atom is 0.251 e. The number of carbonyl (C=O) groups is 1. The van der Waals surface area contributed by atoms with Crippen LogP contribution in [0.4, 0.5) is 0 Å². The molecule has 3 aliphatic rings. The number of nitrogens with zero attached hydrogens (tertiary/aromatic N) is 1. The van der Waals surface area contributed by atoms with Crippen LogP contribution in [0.15, 0.2) is 18.2 Å². The summed E-state index contributed by atoms with van der Waals surface area (Å²) in [5, 5.41) is 3.18. The van der Waals surface area contributed by atoms with E-state index in [1.54, 1.807) is 6.07 Å². The second kappa shape index (κ2) is 5.47. The first-order valence-electron chi connectivity index (χ1n) is 8.14. The predicted molar refractivity (Wildman–Crippen MR) is 82.4 cm³/mol. The fourth-order valence-electron chi connectivity index (χ4n) is 3.75. The van der Waals surface area contributed by atoms with Gasteiger partial charge in [-0.2, -0.15) is 0 Å². The molecule has 0 aromatic heterocycles. The first-order valence-corrected chi connectivity index (χ1v) is 8.14. The number of fused-ring (bicyclic) bond motifs is 3. The SMILES string of the molecule is C[C@@H]1COc2ccc(C(=O)N[C@H]3C[C@@H]4CCN(C4)C3)cc2O1. The molecule has 0 radical (unpaired) electrons. The number of ether oxygens (including phenoxy) is 2. The Morgan fingerprint density at radius 2 is 2.23 bits per heavy atom. The molecule has 4 rings (SSSR count). The van der Waals surface area contributed by atoms with Crippen LogP contribution in [-0.2, 0) is 0 Å². The van der Waals surface area contributed by atoms with Gasteiger partial charge < -0.3 is 19.7 Å². The van der Waals surface area contributed by atoms with Crippen molar-refractivity contribution in [1.29, 1.82) is 0 Å². The summed E-state index contributed by atoms with van der Waals surface area (Å²) in [6.07, 6.45) is 2.39. The molecule has 0 saturated carbocycles. The number of benzene rings is 1. The zero-order chi connectivity index (χ0) is 15.1. The number of carbonyl (C=O) groups excluding carboxylic acids is 1. The Labute approximate surface area is 130 Å². The topological polar surface area (TPSA) is 50.8 Å². The van der Waals surface area contributed by atoms with Gasteiger partial charge in [-0.15, -0.1) is 0 Å². The zero-order valence-electron chi connectivity index (χ0n) is 12.9. The van der Waals surface area contributed by atoms with Crippen LogP contribution in [0, 0.1) is 5.92 Å². The molecular formula is C17H22N2O3. The molecule has 0 aliphatic carbocycles. The fraction of sp³-hybridized carbons (Fsp3) is 0.588. The number of hydrogen-bond acceptors (Lipinski definition) is 4. The van der Waals surface area contributed by atoms with Crippen molar-refractivity contribution in [2.75, 3.05) is 26.2 Å². The van der Waals surface area contributed by atoms with Crippen LogP contribution in [0.1, 0.15) is 30.1 Å². The van der Waals surface area contributed by atoms with E-state index in [9.17, 15) is 4.79 Å². The molecule has 4 atom stereocenters. The third-order valence-corrected chi connectivity index (χ3v) is 4.81. The molecule has 118 valence electrons. The van der Waals surface area contributed by atoms with Crippen LogP contribution >= 0.6 is 0 Å². The van der Waals surface area contributed by atoms with Gasteiger partial charge in [0, 0.05) is 24.7 Å². The van der Waals surface area contributed by atoms with E-state index in [2.05, 4.69) is 10.2 Å². The Balaban J connectivity index is 1.45. The smallest absolute Gasteiger partial charge is 0.251 e. The summed E-state index contributed by atoms with van der Waals surface area (Å²) in [5.41, 5.74) is 0.643. The standard InChI is InChI=1S/C17H22N2O3/c1-11-10-21-15-3-2-13(7-16(15)22-11)17(20)18-14-6-12-4-5-19(8-12)9-14/h2-3,7,11-12,14H,4-6,8-10H2,1H3,(H,18,20)/t11-,12+,14+/m1/s1. The third kappa shape index (κ3) is 2.65. The zero-order valence-corrected chi connectivity index (χ0v) is 12.9. The highest BCUT2D eigenvalue weighted by atomic mass is 16.6. The van der Waals surface area contributed by atoms with E-state index in [0.29, 0.717) is 17.9 Å². The van der Waals surface area contributed by atoms with E-state index in [-0.39, 0.29) is 18.1 Å². The van der Waals surface area contributed by atoms with Crippen LogP contribution in [0.25, 0.3) is 0 Å². The van der Waals surface area contributed by atoms with Crippen molar-refractivity contribution in [2.24, 2.45) is 5.92 Å². The molecule has 22 heavy (non-hydrogen) atoms. The van der Waals surface area contributed by atoms with Gasteiger partial charge in [0.25, 0.3) is 5.91 Å². The summed E-state index contributed by atoms with van der Waals surface area (Å²) in [6, 6.07) is 5.69. The van der Waals surface area contributed by atoms with Gasteiger partial charge >= 0.3 is 0 Å². The van der Waals surface area contributed by atoms with E-state index in [1.807, 2.05) is 19.1 Å². The van der Waals surface area contributed by atoms with Crippen molar-refractivity contribution in [3.63, 3.8) is 0 Å². The van der Waals surface area contributed by atoms with Gasteiger partial charge in [-0.25, -0.2) is 0 Å². The van der Waals surface area contributed by atoms with Crippen molar-refractivity contribution in [3.05, 3.63) is 23.8 Å². The van der Waals surface area contributed by atoms with E-state index >= 15 is 0 Å². The Morgan fingerprint density at radius 1 is 1.32 bits per heavy atom. The Bertz CT molecular complexity index is 577. The minimum atomic E-state index is -0.0165. The fourth-order valence-corrected chi connectivity index (χ4v) is 3.75. The lowest BCUT2D eigenvalue weighted by Crippen LogP contribution is -2.47. The predicted octanol–water partition coefficient (Wildman–Crippen LogP) is 1.67. The van der Waals surface area contributed by atoms with Crippen molar-refractivity contribution in [2.45, 2.75) is 31.9 Å². The molecule has 3 heterocycles. The molecule has 1 N–H and O–H groups in total. The van der Waals surface area contributed by atoms with Gasteiger partial charge in [-0.05, 0) is 50.4 Å². The van der Waals surface area contributed by atoms with Crippen molar-refractivity contribution in [3.8, 4) is 11.5 Å². The highest BCUT2D eigenvalue weighted by Gasteiger charge is 2.33. The van der Waals surface area contributed by atoms with Gasteiger partial charge in [-0.1, -0.05) is 0 Å². The molecule has 2 saturated heterocycles. The van der Waals surface area contributed by atoms with E-state index in [0.717, 1.165) is 24.6 Å². The molecule has 1 unspecified atom stereocenters. The van der Waals surface area contributed by atoms with Gasteiger partial charge in [0.05, 0.1) is 0 Å². The number of rotatable bonds is 2. The molecule has 5 nitrogen and oxygen atoms in total. The Kier molecular flexibility index (Phi) is 3.45. The second-order valence-corrected chi connectivity index (χ2v) is 6.72. The van der Waals surface area contributed by atoms with Crippen LogP contribution in [0.2, 0.25) is 0 Å².